The van der Waals surface area contributed by atoms with Crippen molar-refractivity contribution in [2.45, 2.75) is 27.7 Å². The number of allylic oxidation sites excluding steroid dienone is 3. The topological polar surface area (TPSA) is 102 Å². The van der Waals surface area contributed by atoms with Gasteiger partial charge in [-0.05, 0) is 30.3 Å². The summed E-state index contributed by atoms with van der Waals surface area (Å²) in [4.78, 5) is 13.3. The van der Waals surface area contributed by atoms with E-state index >= 15 is 0 Å². The van der Waals surface area contributed by atoms with Gasteiger partial charge >= 0.3 is 0 Å². The molecule has 0 aromatic carbocycles. The molecule has 5 N–H and O–H groups in total. The first-order chi connectivity index (χ1) is 12.5. The van der Waals surface area contributed by atoms with Gasteiger partial charge in [-0.25, -0.2) is 4.98 Å². The van der Waals surface area contributed by atoms with Crippen molar-refractivity contribution in [3.8, 4) is 0 Å². The van der Waals surface area contributed by atoms with Gasteiger partial charge in [-0.1, -0.05) is 39.8 Å². The minimum absolute atomic E-state index is 0.123. The molecule has 3 rings (SSSR count). The molecule has 1 aliphatic rings. The number of hydrogen-bond acceptors (Lipinski definition) is 6. The van der Waals surface area contributed by atoms with Gasteiger partial charge in [-0.2, -0.15) is 0 Å². The van der Waals surface area contributed by atoms with Gasteiger partial charge in [-0.15, -0.1) is 0 Å². The maximum atomic E-state index is 6.30. The number of hydrogen-bond donors (Lipinski definition) is 3. The lowest BCUT2D eigenvalue weighted by Crippen LogP contribution is -2.25. The van der Waals surface area contributed by atoms with Gasteiger partial charge in [-0.3, -0.25) is 15.8 Å². The number of aliphatic imine (C=N–C) groups is 1. The molecule has 0 radical (unpaired) electrons. The zero-order chi connectivity index (χ0) is 19.2. The number of rotatable bonds is 3. The number of pyridine rings is 2. The van der Waals surface area contributed by atoms with E-state index in [0.717, 1.165) is 11.0 Å². The van der Waals surface area contributed by atoms with Gasteiger partial charge in [0.25, 0.3) is 0 Å². The fourth-order valence-corrected chi connectivity index (χ4v) is 2.38. The van der Waals surface area contributed by atoms with Crippen molar-refractivity contribution in [1.82, 2.24) is 15.4 Å². The Morgan fingerprint density at radius 1 is 1.12 bits per heavy atom. The second kappa shape index (κ2) is 8.40. The first-order valence-corrected chi connectivity index (χ1v) is 8.64. The predicted molar refractivity (Wildman–Crippen MR) is 109 cm³/mol. The number of aromatic nitrogens is 2. The molecule has 0 unspecified atom stereocenters. The number of nitrogens with one attached hydrogen (secondary N) is 1. The number of fused-ring (bicyclic) bond motifs is 1. The first-order valence-electron chi connectivity index (χ1n) is 8.64. The van der Waals surface area contributed by atoms with E-state index in [2.05, 4.69) is 40.3 Å². The molecule has 6 nitrogen and oxygen atoms in total. The standard InChI is InChI=1S/C18H20N6.C2H6/c1-18(2)9-3-5-14(22-11-18)16(19)17(24-20)15-8-7-12-13(23-15)6-4-10-21-12;1-2/h3-11,24H,19-20H2,1-2H3;1-2H3/b17-16-;. The van der Waals surface area contributed by atoms with Crippen LogP contribution >= 0.6 is 0 Å². The highest BCUT2D eigenvalue weighted by atomic mass is 15.2. The van der Waals surface area contributed by atoms with Gasteiger partial charge < -0.3 is 11.2 Å². The van der Waals surface area contributed by atoms with Crippen molar-refractivity contribution in [2.24, 2.45) is 22.0 Å². The van der Waals surface area contributed by atoms with Crippen LogP contribution in [0.5, 0.6) is 0 Å². The molecule has 3 heterocycles. The lowest BCUT2D eigenvalue weighted by atomic mass is 9.95. The Bertz CT molecular complexity index is 890. The number of nitrogens with two attached hydrogens (primary N) is 2. The molecule has 0 aliphatic carbocycles. The smallest absolute Gasteiger partial charge is 0.0999 e. The molecule has 0 saturated heterocycles. The van der Waals surface area contributed by atoms with Crippen molar-refractivity contribution >= 4 is 22.9 Å². The largest absolute Gasteiger partial charge is 0.395 e. The van der Waals surface area contributed by atoms with Crippen molar-refractivity contribution < 1.29 is 0 Å². The maximum absolute atomic E-state index is 6.30. The highest BCUT2D eigenvalue weighted by molar-refractivity contribution is 5.79. The van der Waals surface area contributed by atoms with E-state index in [1.165, 1.54) is 0 Å². The zero-order valence-electron chi connectivity index (χ0n) is 15.7. The third kappa shape index (κ3) is 4.34. The van der Waals surface area contributed by atoms with E-state index in [0.29, 0.717) is 22.8 Å². The average Bonchev–Trinajstić information content (AvgIpc) is 2.84. The van der Waals surface area contributed by atoms with E-state index in [4.69, 9.17) is 11.6 Å². The molecule has 0 saturated carbocycles. The summed E-state index contributed by atoms with van der Waals surface area (Å²) < 4.78 is 0. The Balaban J connectivity index is 0.00000117. The summed E-state index contributed by atoms with van der Waals surface area (Å²) in [5, 5.41) is 0. The van der Waals surface area contributed by atoms with Crippen molar-refractivity contribution in [3.63, 3.8) is 0 Å². The van der Waals surface area contributed by atoms with E-state index < -0.39 is 0 Å². The molecule has 0 spiro atoms. The van der Waals surface area contributed by atoms with Crippen molar-refractivity contribution in [2.75, 3.05) is 0 Å². The van der Waals surface area contributed by atoms with Gasteiger partial charge in [0.05, 0.1) is 33.8 Å². The van der Waals surface area contributed by atoms with Crippen molar-refractivity contribution in [1.29, 1.82) is 0 Å². The fourth-order valence-electron chi connectivity index (χ4n) is 2.38. The summed E-state index contributed by atoms with van der Waals surface area (Å²) in [6.45, 7) is 8.15. The minimum Gasteiger partial charge on any atom is -0.395 e. The van der Waals surface area contributed by atoms with Crippen LogP contribution in [-0.2, 0) is 0 Å². The van der Waals surface area contributed by atoms with Gasteiger partial charge in [0, 0.05) is 17.8 Å². The Morgan fingerprint density at radius 3 is 2.62 bits per heavy atom. The molecule has 0 fully saturated rings. The molecule has 1 aliphatic heterocycles. The Hall–Kier alpha value is -2.99. The summed E-state index contributed by atoms with van der Waals surface area (Å²) in [7, 11) is 0. The molecule has 0 amide bonds. The lowest BCUT2D eigenvalue weighted by Gasteiger charge is -2.13. The van der Waals surface area contributed by atoms with E-state index in [1.54, 1.807) is 6.20 Å². The summed E-state index contributed by atoms with van der Waals surface area (Å²) >= 11 is 0. The molecular weight excluding hydrogens is 324 g/mol. The molecule has 2 aromatic rings. The zero-order valence-corrected chi connectivity index (χ0v) is 15.7. The molecular formula is C20H26N6. The lowest BCUT2D eigenvalue weighted by molar-refractivity contribution is 0.695. The summed E-state index contributed by atoms with van der Waals surface area (Å²) in [6.07, 6.45) is 9.46. The minimum atomic E-state index is -0.123. The SMILES string of the molecule is CC.CC1(C)C=CC=C(/C(N)=C(/NN)c2ccc3ncccc3n2)N=C1. The second-order valence-corrected chi connectivity index (χ2v) is 6.16. The summed E-state index contributed by atoms with van der Waals surface area (Å²) in [5.74, 6) is 5.71. The Labute approximate surface area is 154 Å². The second-order valence-electron chi connectivity index (χ2n) is 6.16. The molecule has 0 atom stereocenters. The highest BCUT2D eigenvalue weighted by Gasteiger charge is 2.16. The monoisotopic (exact) mass is 350 g/mol. The van der Waals surface area contributed by atoms with E-state index in [-0.39, 0.29) is 5.41 Å². The third-order valence-corrected chi connectivity index (χ3v) is 3.72. The van der Waals surface area contributed by atoms with Crippen LogP contribution in [0.1, 0.15) is 33.4 Å². The van der Waals surface area contributed by atoms with E-state index in [9.17, 15) is 0 Å². The van der Waals surface area contributed by atoms with Crippen LogP contribution in [0.2, 0.25) is 0 Å². The van der Waals surface area contributed by atoms with Gasteiger partial charge in [0.1, 0.15) is 0 Å². The fraction of sp³-hybridized carbons (Fsp3) is 0.250. The molecule has 6 heteroatoms. The first kappa shape index (κ1) is 19.3. The van der Waals surface area contributed by atoms with Gasteiger partial charge in [0.15, 0.2) is 0 Å². The quantitative estimate of drug-likeness (QED) is 0.582. The summed E-state index contributed by atoms with van der Waals surface area (Å²) in [5.41, 5.74) is 12.7. The van der Waals surface area contributed by atoms with Crippen LogP contribution < -0.4 is 17.0 Å². The Kier molecular flexibility index (Phi) is 6.25. The Morgan fingerprint density at radius 2 is 1.88 bits per heavy atom. The summed E-state index contributed by atoms with van der Waals surface area (Å²) in [6, 6.07) is 7.45. The van der Waals surface area contributed by atoms with Crippen LogP contribution in [0.3, 0.4) is 0 Å². The van der Waals surface area contributed by atoms with Crippen LogP contribution in [0, 0.1) is 5.41 Å². The maximum Gasteiger partial charge on any atom is 0.0999 e. The average molecular weight is 350 g/mol. The van der Waals surface area contributed by atoms with Gasteiger partial charge in [0.2, 0.25) is 0 Å². The number of hydrazine groups is 1. The normalized spacial score (nSPS) is 16.1. The van der Waals surface area contributed by atoms with Crippen molar-refractivity contribution in [3.05, 3.63) is 65.8 Å². The molecule has 0 bridgehead atoms. The highest BCUT2D eigenvalue weighted by Crippen LogP contribution is 2.23. The number of nitrogens with zero attached hydrogens (tertiary/aromatic N) is 3. The van der Waals surface area contributed by atoms with E-state index in [1.807, 2.05) is 56.5 Å². The van der Waals surface area contributed by atoms with Crippen LogP contribution in [0.15, 0.2) is 65.1 Å². The van der Waals surface area contributed by atoms with Crippen LogP contribution in [-0.4, -0.2) is 16.2 Å². The molecule has 136 valence electrons. The predicted octanol–water partition coefficient (Wildman–Crippen LogP) is 3.30. The molecule has 2 aromatic heterocycles. The van der Waals surface area contributed by atoms with Crippen LogP contribution in [0.25, 0.3) is 16.7 Å². The third-order valence-electron chi connectivity index (χ3n) is 3.72. The molecule has 26 heavy (non-hydrogen) atoms. The van der Waals surface area contributed by atoms with Crippen LogP contribution in [0.4, 0.5) is 0 Å².